The number of aliphatic carboxylic acids is 2. The third-order valence-electron chi connectivity index (χ3n) is 7.95. The molecule has 0 spiro atoms. The molecule has 2 N–H and O–H groups in total. The Bertz CT molecular complexity index is 1850. The number of ketones is 2. The summed E-state index contributed by atoms with van der Waals surface area (Å²) >= 11 is 2.09. The minimum Gasteiger partial charge on any atom is -0.493 e. The first-order chi connectivity index (χ1) is 21.9. The molecule has 5 rings (SSSR count). The van der Waals surface area contributed by atoms with E-state index in [1.165, 1.54) is 39.3 Å². The predicted molar refractivity (Wildman–Crippen MR) is 166 cm³/mol. The molecule has 1 saturated carbocycles. The van der Waals surface area contributed by atoms with E-state index in [1.807, 2.05) is 0 Å². The largest absolute Gasteiger partial charge is 0.493 e. The van der Waals surface area contributed by atoms with Crippen molar-refractivity contribution in [3.8, 4) is 23.0 Å². The smallest absolute Gasteiger partial charge is 0.307 e. The summed E-state index contributed by atoms with van der Waals surface area (Å²) in [6, 6.07) is 5.87. The molecule has 14 heteroatoms. The van der Waals surface area contributed by atoms with Crippen molar-refractivity contribution in [1.82, 2.24) is 0 Å². The second-order valence-electron chi connectivity index (χ2n) is 10.9. The van der Waals surface area contributed by atoms with E-state index in [9.17, 15) is 24.3 Å². The first kappa shape index (κ1) is 33.1. The Hall–Kier alpha value is -4.30. The van der Waals surface area contributed by atoms with Crippen molar-refractivity contribution in [3.63, 3.8) is 0 Å². The molecule has 0 saturated heterocycles. The summed E-state index contributed by atoms with van der Waals surface area (Å²) in [4.78, 5) is 48.5. The number of benzene rings is 2. The maximum Gasteiger partial charge on any atom is 0.307 e. The van der Waals surface area contributed by atoms with Crippen LogP contribution in [0.1, 0.15) is 52.0 Å². The molecule has 0 amide bonds. The Morgan fingerprint density at radius 3 is 1.78 bits per heavy atom. The first-order valence-electron chi connectivity index (χ1n) is 14.3. The van der Waals surface area contributed by atoms with Gasteiger partial charge in [0.1, 0.15) is 0 Å². The second-order valence-corrected chi connectivity index (χ2v) is 13.1. The molecule has 46 heavy (non-hydrogen) atoms. The topological polar surface area (TPSA) is 146 Å². The lowest BCUT2D eigenvalue weighted by Gasteiger charge is -2.31. The Labute approximate surface area is 269 Å². The van der Waals surface area contributed by atoms with E-state index in [0.717, 1.165) is 22.7 Å². The summed E-state index contributed by atoms with van der Waals surface area (Å²) in [5.41, 5.74) is 0. The average Bonchev–Trinajstić information content (AvgIpc) is 3.63. The molecule has 1 aliphatic rings. The molecular formula is C32H30F2O10S2. The van der Waals surface area contributed by atoms with Crippen LogP contribution in [0.2, 0.25) is 0 Å². The maximum atomic E-state index is 15.6. The first-order valence-corrected chi connectivity index (χ1v) is 16.0. The van der Waals surface area contributed by atoms with Gasteiger partial charge in [-0.25, -0.2) is 8.78 Å². The number of carboxylic acid groups (broad SMARTS) is 2. The van der Waals surface area contributed by atoms with E-state index in [-0.39, 0.29) is 75.4 Å². The Morgan fingerprint density at radius 2 is 1.33 bits per heavy atom. The van der Waals surface area contributed by atoms with Gasteiger partial charge >= 0.3 is 11.9 Å². The molecule has 1 aliphatic carbocycles. The van der Waals surface area contributed by atoms with Gasteiger partial charge in [0.25, 0.3) is 0 Å². The molecule has 4 aromatic rings. The number of methoxy groups -OCH3 is 2. The molecule has 0 unspecified atom stereocenters. The number of hydrogen-bond acceptors (Lipinski definition) is 10. The molecule has 3 atom stereocenters. The Kier molecular flexibility index (Phi) is 9.77. The van der Waals surface area contributed by atoms with E-state index in [4.69, 9.17) is 24.1 Å². The molecule has 0 bridgehead atoms. The normalized spacial score (nSPS) is 16.5. The number of hydrogen-bond donors (Lipinski definition) is 2. The lowest BCUT2D eigenvalue weighted by molar-refractivity contribution is -0.146. The molecule has 2 heterocycles. The van der Waals surface area contributed by atoms with Crippen LogP contribution in [0.15, 0.2) is 24.3 Å². The van der Waals surface area contributed by atoms with Crippen LogP contribution >= 0.6 is 22.7 Å². The van der Waals surface area contributed by atoms with Gasteiger partial charge in [-0.15, -0.1) is 22.7 Å². The number of carbonyl (C=O) groups is 4. The van der Waals surface area contributed by atoms with E-state index in [2.05, 4.69) is 0 Å². The van der Waals surface area contributed by atoms with Gasteiger partial charge in [0, 0.05) is 51.1 Å². The van der Waals surface area contributed by atoms with Gasteiger partial charge in [0.05, 0.1) is 49.0 Å². The fraction of sp³-hybridized carbons (Fsp3) is 0.375. The van der Waals surface area contributed by atoms with E-state index in [1.54, 1.807) is 6.07 Å². The Balaban J connectivity index is 1.26. The minimum absolute atomic E-state index is 0.0396. The van der Waals surface area contributed by atoms with Crippen molar-refractivity contribution >= 4 is 66.4 Å². The highest BCUT2D eigenvalue weighted by Gasteiger charge is 2.42. The molecular weight excluding hydrogens is 646 g/mol. The van der Waals surface area contributed by atoms with Gasteiger partial charge in [0.15, 0.2) is 46.2 Å². The third kappa shape index (κ3) is 6.36. The SMILES string of the molecule is COc1cc2sc(C(=O)C[C@H](C)C(=O)O)cc2c(F)c1OCCCOc1c(OC)cc2sc(C(=O)[C@@H]3CC[C@H]3C(=O)O)cc2c1F. The van der Waals surface area contributed by atoms with Crippen LogP contribution in [0.3, 0.4) is 0 Å². The standard InChI is InChI=1S/C32H30F2O10S2/c1-14(31(37)38)9-19(35)24-10-17-22(45-24)12-20(41-2)29(26(17)33)43-7-4-8-44-30-21(42-3)13-23-18(27(30)34)11-25(46-23)28(36)15-5-6-16(15)32(39)40/h10-16H,4-9H2,1-3H3,(H,37,38)(H,39,40)/t14-,15+,16+/m0/s1. The number of carbonyl (C=O) groups excluding carboxylic acids is 2. The average molecular weight is 677 g/mol. The van der Waals surface area contributed by atoms with Crippen LogP contribution in [0.5, 0.6) is 23.0 Å². The lowest BCUT2D eigenvalue weighted by atomic mass is 9.71. The van der Waals surface area contributed by atoms with Crippen LogP contribution in [0.25, 0.3) is 20.2 Å². The van der Waals surface area contributed by atoms with Gasteiger partial charge in [-0.1, -0.05) is 6.92 Å². The van der Waals surface area contributed by atoms with Crippen molar-refractivity contribution in [2.24, 2.45) is 17.8 Å². The number of rotatable bonds is 15. The number of halogens is 2. The predicted octanol–water partition coefficient (Wildman–Crippen LogP) is 6.85. The molecule has 0 aliphatic heterocycles. The zero-order valence-corrected chi connectivity index (χ0v) is 26.6. The summed E-state index contributed by atoms with van der Waals surface area (Å²) in [5.74, 6) is -6.71. The number of thiophene rings is 2. The lowest BCUT2D eigenvalue weighted by Crippen LogP contribution is -2.37. The highest BCUT2D eigenvalue weighted by Crippen LogP contribution is 2.44. The molecule has 0 radical (unpaired) electrons. The molecule has 1 fully saturated rings. The number of Topliss-reactive ketones (excluding diaryl/α,β-unsaturated/α-hetero) is 2. The summed E-state index contributed by atoms with van der Waals surface area (Å²) in [5, 5.41) is 18.7. The van der Waals surface area contributed by atoms with Crippen LogP contribution in [-0.2, 0) is 9.59 Å². The summed E-state index contributed by atoms with van der Waals surface area (Å²) in [6.45, 7) is 1.34. The molecule has 10 nitrogen and oxygen atoms in total. The van der Waals surface area contributed by atoms with Crippen molar-refractivity contribution in [2.45, 2.75) is 32.6 Å². The van der Waals surface area contributed by atoms with Crippen LogP contribution in [0.4, 0.5) is 8.78 Å². The van der Waals surface area contributed by atoms with E-state index in [0.29, 0.717) is 22.2 Å². The van der Waals surface area contributed by atoms with Gasteiger partial charge in [0.2, 0.25) is 0 Å². The van der Waals surface area contributed by atoms with E-state index >= 15 is 8.78 Å². The quantitative estimate of drug-likeness (QED) is 0.101. The van der Waals surface area contributed by atoms with Gasteiger partial charge in [-0.3, -0.25) is 19.2 Å². The number of ether oxygens (including phenoxy) is 4. The third-order valence-corrected chi connectivity index (χ3v) is 10.2. The van der Waals surface area contributed by atoms with Crippen molar-refractivity contribution in [3.05, 3.63) is 45.7 Å². The molecule has 244 valence electrons. The molecule has 2 aromatic heterocycles. The van der Waals surface area contributed by atoms with Gasteiger partial charge < -0.3 is 29.2 Å². The molecule has 2 aromatic carbocycles. The zero-order chi connectivity index (χ0) is 33.3. The highest BCUT2D eigenvalue weighted by molar-refractivity contribution is 7.21. The maximum absolute atomic E-state index is 15.6. The van der Waals surface area contributed by atoms with Gasteiger partial charge in [-0.05, 0) is 25.0 Å². The minimum atomic E-state index is -1.10. The number of carboxylic acids is 2. The van der Waals surface area contributed by atoms with Crippen molar-refractivity contribution in [1.29, 1.82) is 0 Å². The van der Waals surface area contributed by atoms with Crippen LogP contribution in [0, 0.1) is 29.4 Å². The van der Waals surface area contributed by atoms with Crippen LogP contribution in [-0.4, -0.2) is 61.2 Å². The number of fused-ring (bicyclic) bond motifs is 2. The fourth-order valence-corrected chi connectivity index (χ4v) is 7.32. The summed E-state index contributed by atoms with van der Waals surface area (Å²) in [6.07, 6.45) is 0.882. The summed E-state index contributed by atoms with van der Waals surface area (Å²) < 4.78 is 54.0. The van der Waals surface area contributed by atoms with Crippen molar-refractivity contribution < 1.29 is 57.1 Å². The van der Waals surface area contributed by atoms with Crippen LogP contribution < -0.4 is 18.9 Å². The second kappa shape index (κ2) is 13.6. The van der Waals surface area contributed by atoms with Gasteiger partial charge in [-0.2, -0.15) is 0 Å². The van der Waals surface area contributed by atoms with Crippen molar-refractivity contribution in [2.75, 3.05) is 27.4 Å². The van der Waals surface area contributed by atoms with E-state index < -0.39 is 47.1 Å². The Morgan fingerprint density at radius 1 is 0.826 bits per heavy atom. The highest BCUT2D eigenvalue weighted by atomic mass is 32.1. The zero-order valence-electron chi connectivity index (χ0n) is 25.0. The fourth-order valence-electron chi connectivity index (χ4n) is 5.19. The monoisotopic (exact) mass is 676 g/mol. The summed E-state index contributed by atoms with van der Waals surface area (Å²) in [7, 11) is 2.69.